The zero-order chi connectivity index (χ0) is 41.9. The first-order chi connectivity index (χ1) is 31.7. The second kappa shape index (κ2) is 13.4. The molecule has 0 amide bonds. The van der Waals surface area contributed by atoms with Gasteiger partial charge >= 0.3 is 0 Å². The smallest absolute Gasteiger partial charge is 0.238 e. The second-order valence-electron chi connectivity index (χ2n) is 16.7. The van der Waals surface area contributed by atoms with Crippen LogP contribution in [-0.4, -0.2) is 19.5 Å². The average Bonchev–Trinajstić information content (AvgIpc) is 4.10. The molecule has 1 atom stereocenters. The molecule has 1 aliphatic carbocycles. The first kappa shape index (κ1) is 35.0. The molecule has 0 fully saturated rings. The van der Waals surface area contributed by atoms with Crippen molar-refractivity contribution in [1.29, 1.82) is 0 Å². The van der Waals surface area contributed by atoms with E-state index in [9.17, 15) is 0 Å². The number of nitrogens with zero attached hydrogens (tertiary/aromatic N) is 4. The molecule has 0 aliphatic heterocycles. The summed E-state index contributed by atoms with van der Waals surface area (Å²) in [4.78, 5) is 16.0. The van der Waals surface area contributed by atoms with Crippen molar-refractivity contribution >= 4 is 65.7 Å². The number of hydrogen-bond acceptors (Lipinski definition) is 5. The number of fused-ring (bicyclic) bond motifs is 12. The lowest BCUT2D eigenvalue weighted by atomic mass is 9.89. The van der Waals surface area contributed by atoms with Gasteiger partial charge in [0.1, 0.15) is 22.3 Å². The van der Waals surface area contributed by atoms with Crippen molar-refractivity contribution in [3.63, 3.8) is 0 Å². The fraction of sp³-hybridized carbons (Fsp3) is 0.0172. The Balaban J connectivity index is 1.01. The van der Waals surface area contributed by atoms with Gasteiger partial charge in [0.15, 0.2) is 11.6 Å². The summed E-state index contributed by atoms with van der Waals surface area (Å²) in [5.41, 5.74) is 15.5. The topological polar surface area (TPSA) is 69.9 Å². The molecule has 0 saturated heterocycles. The largest absolute Gasteiger partial charge is 0.456 e. The van der Waals surface area contributed by atoms with Crippen molar-refractivity contribution in [3.05, 3.63) is 217 Å². The van der Waals surface area contributed by atoms with E-state index in [1.807, 2.05) is 36.4 Å². The molecule has 0 N–H and O–H groups in total. The third-order valence-corrected chi connectivity index (χ3v) is 13.2. The fourth-order valence-electron chi connectivity index (χ4n) is 10.3. The van der Waals surface area contributed by atoms with Crippen LogP contribution in [0.2, 0.25) is 0 Å². The molecule has 0 radical (unpaired) electrons. The molecule has 0 saturated carbocycles. The van der Waals surface area contributed by atoms with Crippen molar-refractivity contribution in [2.45, 2.75) is 5.92 Å². The Morgan fingerprint density at radius 2 is 0.984 bits per heavy atom. The first-order valence-corrected chi connectivity index (χ1v) is 21.6. The van der Waals surface area contributed by atoms with E-state index in [0.717, 1.165) is 87.9 Å². The Morgan fingerprint density at radius 3 is 1.81 bits per heavy atom. The molecule has 64 heavy (non-hydrogen) atoms. The summed E-state index contributed by atoms with van der Waals surface area (Å²) < 4.78 is 15.2. The molecule has 6 heteroatoms. The highest BCUT2D eigenvalue weighted by molar-refractivity contribution is 6.14. The van der Waals surface area contributed by atoms with E-state index >= 15 is 0 Å². The number of aromatic nitrogens is 4. The SMILES string of the molecule is c1ccc(-c2cccc3oc4cc(-c5nc(-c6ccc7c(c6)oc6ccccc67)nc(-n6c7ccccc7c7cc8c(cc76)-c6ccccc6C8c6ccccc6)n5)ccc4c23)cc1. The lowest BCUT2D eigenvalue weighted by molar-refractivity contribution is 0.668. The van der Waals surface area contributed by atoms with Crippen LogP contribution in [0, 0.1) is 0 Å². The minimum Gasteiger partial charge on any atom is -0.456 e. The third kappa shape index (κ3) is 5.17. The number of benzene rings is 9. The molecular formula is C58H34N4O2. The van der Waals surface area contributed by atoms with E-state index in [-0.39, 0.29) is 5.92 Å². The van der Waals surface area contributed by atoms with Crippen molar-refractivity contribution in [2.24, 2.45) is 0 Å². The van der Waals surface area contributed by atoms with Crippen LogP contribution in [0.3, 0.4) is 0 Å². The zero-order valence-electron chi connectivity index (χ0n) is 34.2. The van der Waals surface area contributed by atoms with Crippen LogP contribution >= 0.6 is 0 Å². The standard InChI is InChI=1S/C58H34N4O2/c1-3-14-34(15-4-1)38-22-13-25-51-55(38)44-29-27-37(31-53(44)64-51)57-59-56(36-26-28-42-41-20-10-12-24-50(41)63-52(42)30-36)60-58(61-57)62-48-23-11-9-19-40(48)46-32-47-45(33-49(46)62)39-18-7-8-21-43(39)54(47)35-16-5-2-6-17-35/h1-33,54H. The maximum atomic E-state index is 6.61. The van der Waals surface area contributed by atoms with Gasteiger partial charge in [-0.15, -0.1) is 0 Å². The second-order valence-corrected chi connectivity index (χ2v) is 16.7. The summed E-state index contributed by atoms with van der Waals surface area (Å²) in [7, 11) is 0. The monoisotopic (exact) mass is 818 g/mol. The summed E-state index contributed by atoms with van der Waals surface area (Å²) in [6, 6.07) is 70.4. The van der Waals surface area contributed by atoms with Gasteiger partial charge in [0.2, 0.25) is 5.95 Å². The molecule has 1 unspecified atom stereocenters. The maximum Gasteiger partial charge on any atom is 0.238 e. The lowest BCUT2D eigenvalue weighted by Gasteiger charge is -2.14. The van der Waals surface area contributed by atoms with Crippen LogP contribution in [0.15, 0.2) is 209 Å². The Hall–Kier alpha value is -8.61. The Labute approximate surface area is 366 Å². The zero-order valence-corrected chi connectivity index (χ0v) is 34.2. The number of rotatable bonds is 5. The fourth-order valence-corrected chi connectivity index (χ4v) is 10.3. The van der Waals surface area contributed by atoms with Gasteiger partial charge in [-0.25, -0.2) is 4.98 Å². The lowest BCUT2D eigenvalue weighted by Crippen LogP contribution is -2.06. The van der Waals surface area contributed by atoms with E-state index in [0.29, 0.717) is 17.6 Å². The molecule has 1 aliphatic rings. The van der Waals surface area contributed by atoms with E-state index in [1.165, 1.54) is 27.8 Å². The van der Waals surface area contributed by atoms with Crippen LogP contribution in [0.1, 0.15) is 22.6 Å². The normalized spacial score (nSPS) is 13.5. The Bertz CT molecular complexity index is 4030. The highest BCUT2D eigenvalue weighted by Gasteiger charge is 2.32. The Kier molecular flexibility index (Phi) is 7.36. The summed E-state index contributed by atoms with van der Waals surface area (Å²) in [6.07, 6.45) is 0. The van der Waals surface area contributed by atoms with Gasteiger partial charge in [-0.1, -0.05) is 146 Å². The maximum absolute atomic E-state index is 6.61. The summed E-state index contributed by atoms with van der Waals surface area (Å²) in [6.45, 7) is 0. The predicted octanol–water partition coefficient (Wildman–Crippen LogP) is 14.9. The molecule has 6 nitrogen and oxygen atoms in total. The molecule has 14 rings (SSSR count). The molecule has 298 valence electrons. The van der Waals surface area contributed by atoms with Crippen molar-refractivity contribution in [2.75, 3.05) is 0 Å². The predicted molar refractivity (Wildman–Crippen MR) is 258 cm³/mol. The molecule has 0 bridgehead atoms. The van der Waals surface area contributed by atoms with Gasteiger partial charge in [0, 0.05) is 49.4 Å². The first-order valence-electron chi connectivity index (χ1n) is 21.6. The van der Waals surface area contributed by atoms with E-state index in [2.05, 4.69) is 168 Å². The summed E-state index contributed by atoms with van der Waals surface area (Å²) in [5.74, 6) is 1.73. The summed E-state index contributed by atoms with van der Waals surface area (Å²) in [5, 5.41) is 6.52. The van der Waals surface area contributed by atoms with Crippen molar-refractivity contribution in [3.8, 4) is 51.0 Å². The third-order valence-electron chi connectivity index (χ3n) is 13.2. The average molecular weight is 819 g/mol. The molecule has 0 spiro atoms. The molecule has 9 aromatic carbocycles. The highest BCUT2D eigenvalue weighted by atomic mass is 16.3. The minimum atomic E-state index is 0.124. The van der Waals surface area contributed by atoms with Crippen LogP contribution < -0.4 is 0 Å². The number of furan rings is 2. The quantitative estimate of drug-likeness (QED) is 0.173. The summed E-state index contributed by atoms with van der Waals surface area (Å²) >= 11 is 0. The van der Waals surface area contributed by atoms with Crippen LogP contribution in [0.4, 0.5) is 0 Å². The van der Waals surface area contributed by atoms with Gasteiger partial charge in [-0.2, -0.15) is 9.97 Å². The Morgan fingerprint density at radius 1 is 0.359 bits per heavy atom. The van der Waals surface area contributed by atoms with E-state index in [4.69, 9.17) is 23.8 Å². The van der Waals surface area contributed by atoms with Gasteiger partial charge in [0.05, 0.1) is 11.0 Å². The van der Waals surface area contributed by atoms with Gasteiger partial charge in [0.25, 0.3) is 0 Å². The van der Waals surface area contributed by atoms with E-state index < -0.39 is 0 Å². The molecule has 4 heterocycles. The van der Waals surface area contributed by atoms with E-state index in [1.54, 1.807) is 0 Å². The van der Waals surface area contributed by atoms with Gasteiger partial charge < -0.3 is 8.83 Å². The van der Waals surface area contributed by atoms with Crippen LogP contribution in [-0.2, 0) is 0 Å². The van der Waals surface area contributed by atoms with Crippen LogP contribution in [0.25, 0.3) is 117 Å². The highest BCUT2D eigenvalue weighted by Crippen LogP contribution is 2.50. The molecule has 13 aromatic rings. The number of hydrogen-bond donors (Lipinski definition) is 0. The van der Waals surface area contributed by atoms with Crippen molar-refractivity contribution < 1.29 is 8.83 Å². The van der Waals surface area contributed by atoms with Crippen LogP contribution in [0.5, 0.6) is 0 Å². The molecule has 4 aromatic heterocycles. The number of para-hydroxylation sites is 2. The van der Waals surface area contributed by atoms with Crippen molar-refractivity contribution in [1.82, 2.24) is 19.5 Å². The van der Waals surface area contributed by atoms with Gasteiger partial charge in [-0.05, 0) is 93.5 Å². The van der Waals surface area contributed by atoms with Gasteiger partial charge in [-0.3, -0.25) is 4.57 Å². The molecular weight excluding hydrogens is 785 g/mol. The minimum absolute atomic E-state index is 0.124.